The molecule has 0 saturated heterocycles. The molecular weight excluding hydrogens is 245 g/mol. The number of pyridine rings is 1. The van der Waals surface area contributed by atoms with Gasteiger partial charge in [-0.25, -0.2) is 0 Å². The van der Waals surface area contributed by atoms with Gasteiger partial charge in [-0.1, -0.05) is 0 Å². The van der Waals surface area contributed by atoms with Crippen molar-refractivity contribution in [2.75, 3.05) is 7.11 Å². The van der Waals surface area contributed by atoms with Crippen LogP contribution in [0.3, 0.4) is 0 Å². The van der Waals surface area contributed by atoms with Crippen molar-refractivity contribution in [3.63, 3.8) is 0 Å². The van der Waals surface area contributed by atoms with Gasteiger partial charge in [0.15, 0.2) is 0 Å². The van der Waals surface area contributed by atoms with Crippen molar-refractivity contribution in [1.29, 1.82) is 0 Å². The predicted octanol–water partition coefficient (Wildman–Crippen LogP) is 2.70. The van der Waals surface area contributed by atoms with Crippen molar-refractivity contribution in [3.05, 3.63) is 54.9 Å². The summed E-state index contributed by atoms with van der Waals surface area (Å²) in [5.41, 5.74) is 2.46. The number of benzene rings is 2. The van der Waals surface area contributed by atoms with Crippen molar-refractivity contribution < 1.29 is 4.74 Å². The second kappa shape index (κ2) is 5.33. The average molecular weight is 257 g/mol. The fourth-order valence-electron chi connectivity index (χ4n) is 2.35. The molecule has 2 aromatic carbocycles. The molecule has 0 spiro atoms. The van der Waals surface area contributed by atoms with E-state index in [9.17, 15) is 0 Å². The number of rotatable bonds is 2. The molecule has 0 saturated carbocycles. The summed E-state index contributed by atoms with van der Waals surface area (Å²) >= 11 is 1.03. The van der Waals surface area contributed by atoms with Crippen LogP contribution in [0.5, 0.6) is 5.75 Å². The SMILES string of the molecule is COc1ccc(-c2c[c]([Na])c3ccncc3c2)cc1. The van der Waals surface area contributed by atoms with E-state index in [1.807, 2.05) is 24.5 Å². The van der Waals surface area contributed by atoms with Gasteiger partial charge >= 0.3 is 130 Å². The number of nitrogens with zero attached hydrogens (tertiary/aromatic N) is 1. The van der Waals surface area contributed by atoms with Gasteiger partial charge in [-0.2, -0.15) is 0 Å². The summed E-state index contributed by atoms with van der Waals surface area (Å²) in [6, 6.07) is 14.7. The summed E-state index contributed by atoms with van der Waals surface area (Å²) in [4.78, 5) is 4.21. The third-order valence-corrected chi connectivity index (χ3v) is 4.21. The van der Waals surface area contributed by atoms with Crippen LogP contribution in [0.1, 0.15) is 0 Å². The van der Waals surface area contributed by atoms with Crippen LogP contribution in [0.2, 0.25) is 0 Å². The van der Waals surface area contributed by atoms with Crippen LogP contribution < -0.4 is 7.55 Å². The predicted molar refractivity (Wildman–Crippen MR) is 79.1 cm³/mol. The molecule has 1 heterocycles. The van der Waals surface area contributed by atoms with Crippen molar-refractivity contribution >= 4 is 41.5 Å². The van der Waals surface area contributed by atoms with Gasteiger partial charge in [0.25, 0.3) is 0 Å². The summed E-state index contributed by atoms with van der Waals surface area (Å²) < 4.78 is 6.60. The van der Waals surface area contributed by atoms with Crippen molar-refractivity contribution in [2.45, 2.75) is 0 Å². The number of fused-ring (bicyclic) bond motifs is 1. The fourth-order valence-corrected chi connectivity index (χ4v) is 3.12. The summed E-state index contributed by atoms with van der Waals surface area (Å²) in [7, 11) is 1.69. The van der Waals surface area contributed by atoms with Gasteiger partial charge in [-0.15, -0.1) is 0 Å². The van der Waals surface area contributed by atoms with E-state index in [2.05, 4.69) is 35.3 Å². The number of hydrogen-bond donors (Lipinski definition) is 0. The standard InChI is InChI=1S/C16H12NO.Na/c1-18-16-6-4-12(5-7-16)14-3-2-13-8-9-17-11-15(13)10-14;/h3-11H,1H3;. The molecule has 0 fully saturated rings. The maximum atomic E-state index is 5.20. The van der Waals surface area contributed by atoms with Crippen LogP contribution in [0.25, 0.3) is 21.9 Å². The molecule has 3 heteroatoms. The molecule has 0 aliphatic heterocycles. The molecule has 0 N–H and O–H groups in total. The van der Waals surface area contributed by atoms with Gasteiger partial charge < -0.3 is 0 Å². The molecule has 0 atom stereocenters. The first-order valence-electron chi connectivity index (χ1n) is 6.27. The second-order valence-corrected chi connectivity index (χ2v) is 5.70. The van der Waals surface area contributed by atoms with E-state index in [1.165, 1.54) is 24.7 Å². The Morgan fingerprint density at radius 1 is 1.00 bits per heavy atom. The molecule has 0 radical (unpaired) electrons. The van der Waals surface area contributed by atoms with Gasteiger partial charge in [0.05, 0.1) is 0 Å². The summed E-state index contributed by atoms with van der Waals surface area (Å²) in [5.74, 6) is 0.886. The minimum atomic E-state index is 0.886. The first-order valence-corrected chi connectivity index (χ1v) is 7.27. The Kier molecular flexibility index (Phi) is 3.56. The summed E-state index contributed by atoms with van der Waals surface area (Å²) in [5, 5.41) is 2.53. The summed E-state index contributed by atoms with van der Waals surface area (Å²) in [6.07, 6.45) is 3.79. The van der Waals surface area contributed by atoms with Gasteiger partial charge in [0.2, 0.25) is 0 Å². The molecule has 0 amide bonds. The molecule has 1 aromatic heterocycles. The molecule has 88 valence electrons. The van der Waals surface area contributed by atoms with E-state index < -0.39 is 0 Å². The third-order valence-electron chi connectivity index (χ3n) is 3.38. The van der Waals surface area contributed by atoms with E-state index in [4.69, 9.17) is 4.74 Å². The molecule has 3 rings (SSSR count). The Balaban J connectivity index is 2.14. The van der Waals surface area contributed by atoms with Crippen LogP contribution in [-0.4, -0.2) is 40.0 Å². The van der Waals surface area contributed by atoms with Crippen molar-refractivity contribution in [3.8, 4) is 16.9 Å². The van der Waals surface area contributed by atoms with Gasteiger partial charge in [0, 0.05) is 0 Å². The zero-order valence-corrected chi connectivity index (χ0v) is 13.1. The zero-order chi connectivity index (χ0) is 13.2. The zero-order valence-electron chi connectivity index (χ0n) is 11.1. The van der Waals surface area contributed by atoms with Crippen molar-refractivity contribution in [2.24, 2.45) is 0 Å². The van der Waals surface area contributed by atoms with E-state index in [1.54, 1.807) is 7.11 Å². The number of methoxy groups -OCH3 is 1. The number of aromatic nitrogens is 1. The topological polar surface area (TPSA) is 22.1 Å². The van der Waals surface area contributed by atoms with E-state index in [0.717, 1.165) is 33.7 Å². The number of ether oxygens (including phenoxy) is 1. The van der Waals surface area contributed by atoms with Crippen molar-refractivity contribution in [1.82, 2.24) is 4.98 Å². The van der Waals surface area contributed by atoms with E-state index >= 15 is 0 Å². The molecule has 0 unspecified atom stereocenters. The average Bonchev–Trinajstić information content (AvgIpc) is 2.47. The first kappa shape index (κ1) is 12.7. The molecule has 19 heavy (non-hydrogen) atoms. The Hall–Kier alpha value is -1.35. The minimum absolute atomic E-state index is 0.886. The van der Waals surface area contributed by atoms with E-state index in [-0.39, 0.29) is 0 Å². The van der Waals surface area contributed by atoms with Crippen LogP contribution in [0.15, 0.2) is 54.9 Å². The van der Waals surface area contributed by atoms with E-state index in [0.29, 0.717) is 0 Å². The molecule has 0 aliphatic rings. The number of hydrogen-bond acceptors (Lipinski definition) is 2. The Labute approximate surface area is 129 Å². The van der Waals surface area contributed by atoms with Crippen LogP contribution >= 0.6 is 0 Å². The third kappa shape index (κ3) is 2.52. The fraction of sp³-hybridized carbons (Fsp3) is 0.0625. The van der Waals surface area contributed by atoms with Crippen LogP contribution in [-0.2, 0) is 0 Å². The molecule has 0 bridgehead atoms. The summed E-state index contributed by atoms with van der Waals surface area (Å²) in [6.45, 7) is 0. The Morgan fingerprint density at radius 3 is 2.53 bits per heavy atom. The van der Waals surface area contributed by atoms with Gasteiger partial charge in [0.1, 0.15) is 0 Å². The maximum absolute atomic E-state index is 5.20. The molecule has 2 nitrogen and oxygen atoms in total. The monoisotopic (exact) mass is 257 g/mol. The second-order valence-electron chi connectivity index (χ2n) is 4.62. The first-order chi connectivity index (χ1) is 9.28. The van der Waals surface area contributed by atoms with Crippen LogP contribution in [0.4, 0.5) is 0 Å². The quantitative estimate of drug-likeness (QED) is 0.658. The normalized spacial score (nSPS) is 10.7. The van der Waals surface area contributed by atoms with Gasteiger partial charge in [-0.05, 0) is 0 Å². The van der Waals surface area contributed by atoms with Crippen LogP contribution in [0, 0.1) is 0 Å². The molecule has 3 aromatic rings. The molecule has 0 aliphatic carbocycles. The Morgan fingerprint density at radius 2 is 1.79 bits per heavy atom. The van der Waals surface area contributed by atoms with Gasteiger partial charge in [-0.3, -0.25) is 0 Å². The molecular formula is C16H12NNaO. The Bertz CT molecular complexity index is 722.